The van der Waals surface area contributed by atoms with Crippen molar-refractivity contribution in [2.24, 2.45) is 5.73 Å². The molecule has 3 aromatic rings. The minimum atomic E-state index is -4.56. The van der Waals surface area contributed by atoms with Gasteiger partial charge < -0.3 is 20.7 Å². The Balaban J connectivity index is 1.60. The maximum absolute atomic E-state index is 13.1. The summed E-state index contributed by atoms with van der Waals surface area (Å²) in [6, 6.07) is 2.77. The zero-order valence-corrected chi connectivity index (χ0v) is 15.3. The van der Waals surface area contributed by atoms with Gasteiger partial charge in [0.05, 0.1) is 18.3 Å². The number of nitrogens with zero attached hydrogens (tertiary/aromatic N) is 5. The topological polar surface area (TPSA) is 117 Å². The van der Waals surface area contributed by atoms with E-state index in [2.05, 4.69) is 24.9 Å². The Morgan fingerprint density at radius 1 is 1.32 bits per heavy atom. The summed E-state index contributed by atoms with van der Waals surface area (Å²) < 4.78 is 39.3. The lowest BCUT2D eigenvalue weighted by molar-refractivity contribution is -0.143. The number of nitrogens with one attached hydrogen (secondary N) is 1. The first kappa shape index (κ1) is 18.9. The molecule has 0 bridgehead atoms. The smallest absolute Gasteiger partial charge is 0.394 e. The number of aromatic amines is 1. The molecule has 148 valence electrons. The normalized spacial score (nSPS) is 20.2. The zero-order chi connectivity index (χ0) is 19.9. The van der Waals surface area contributed by atoms with Gasteiger partial charge in [0.25, 0.3) is 0 Å². The van der Waals surface area contributed by atoms with Crippen molar-refractivity contribution in [1.29, 1.82) is 0 Å². The molecular weight excluding hydrogens is 395 g/mol. The van der Waals surface area contributed by atoms with Crippen molar-refractivity contribution in [1.82, 2.24) is 24.9 Å². The van der Waals surface area contributed by atoms with Gasteiger partial charge in [-0.25, -0.2) is 9.97 Å². The Morgan fingerprint density at radius 3 is 2.86 bits per heavy atom. The van der Waals surface area contributed by atoms with Crippen LogP contribution in [0.4, 0.5) is 19.1 Å². The second-order valence-corrected chi connectivity index (χ2v) is 7.65. The fourth-order valence-electron chi connectivity index (χ4n) is 2.97. The number of aliphatic hydroxyl groups is 1. The van der Waals surface area contributed by atoms with Crippen molar-refractivity contribution in [2.75, 3.05) is 24.6 Å². The molecule has 0 aromatic carbocycles. The summed E-state index contributed by atoms with van der Waals surface area (Å²) in [5, 5.41) is 9.67. The van der Waals surface area contributed by atoms with Crippen LogP contribution in [0.1, 0.15) is 12.1 Å². The van der Waals surface area contributed by atoms with Crippen LogP contribution in [0, 0.1) is 0 Å². The maximum atomic E-state index is 13.1. The number of pyridine rings is 1. The predicted molar refractivity (Wildman–Crippen MR) is 95.9 cm³/mol. The summed E-state index contributed by atoms with van der Waals surface area (Å²) in [5.41, 5.74) is 5.13. The molecule has 4 heterocycles. The van der Waals surface area contributed by atoms with Crippen molar-refractivity contribution < 1.29 is 18.3 Å². The lowest BCUT2D eigenvalue weighted by Crippen LogP contribution is -2.46. The molecule has 1 fully saturated rings. The molecule has 4 N–H and O–H groups in total. The van der Waals surface area contributed by atoms with Gasteiger partial charge in [0.1, 0.15) is 5.03 Å². The fraction of sp³-hybridized carbons (Fsp3) is 0.375. The summed E-state index contributed by atoms with van der Waals surface area (Å²) in [7, 11) is 0. The molecule has 0 amide bonds. The number of fused-ring (bicyclic) bond motifs is 1. The first-order chi connectivity index (χ1) is 13.3. The number of alkyl halides is 3. The number of imidazole rings is 1. The third-order valence-electron chi connectivity index (χ3n) is 4.43. The first-order valence-electron chi connectivity index (χ1n) is 8.35. The predicted octanol–water partition coefficient (Wildman–Crippen LogP) is 1.82. The molecule has 12 heteroatoms. The van der Waals surface area contributed by atoms with Crippen LogP contribution in [0.15, 0.2) is 34.4 Å². The Hall–Kier alpha value is -2.44. The monoisotopic (exact) mass is 411 g/mol. The van der Waals surface area contributed by atoms with E-state index in [-0.39, 0.29) is 16.5 Å². The summed E-state index contributed by atoms with van der Waals surface area (Å²) in [6.07, 6.45) is -1.47. The molecular formula is C16H16F3N7OS. The number of hydrogen-bond donors (Lipinski definition) is 3. The number of anilines is 1. The van der Waals surface area contributed by atoms with E-state index in [1.807, 2.05) is 4.90 Å². The number of halogens is 3. The summed E-state index contributed by atoms with van der Waals surface area (Å²) in [6.45, 7) is 0.909. The number of aliphatic hydroxyl groups excluding tert-OH is 1. The summed E-state index contributed by atoms with van der Waals surface area (Å²) in [4.78, 5) is 21.1. The number of rotatable bonds is 4. The SMILES string of the molecule is NC1(CO)CCN(c2nc3ncc(Sc4cccnc4C(F)(F)F)nc3[nH]2)C1. The summed E-state index contributed by atoms with van der Waals surface area (Å²) in [5.74, 6) is 0.510. The number of hydrogen-bond acceptors (Lipinski definition) is 8. The second kappa shape index (κ2) is 6.87. The highest BCUT2D eigenvalue weighted by Crippen LogP contribution is 2.37. The molecule has 0 aliphatic carbocycles. The van der Waals surface area contributed by atoms with E-state index >= 15 is 0 Å². The van der Waals surface area contributed by atoms with E-state index in [0.717, 1.165) is 18.0 Å². The number of aromatic nitrogens is 5. The van der Waals surface area contributed by atoms with Gasteiger partial charge in [0.15, 0.2) is 17.0 Å². The van der Waals surface area contributed by atoms with E-state index in [1.165, 1.54) is 18.3 Å². The van der Waals surface area contributed by atoms with Crippen LogP contribution >= 0.6 is 11.8 Å². The molecule has 1 saturated heterocycles. The van der Waals surface area contributed by atoms with Gasteiger partial charge >= 0.3 is 6.18 Å². The molecule has 1 atom stereocenters. The standard InChI is InChI=1S/C16H16F3N7OS/c17-16(18,19)11-9(2-1-4-21-11)28-10-6-22-12-13(23-10)25-14(24-12)26-5-3-15(20,7-26)8-27/h1-2,4,6,27H,3,5,7-8,20H2,(H,22,23,24,25). The molecule has 8 nitrogen and oxygen atoms in total. The van der Waals surface area contributed by atoms with E-state index in [9.17, 15) is 18.3 Å². The van der Waals surface area contributed by atoms with Gasteiger partial charge in [0, 0.05) is 24.2 Å². The highest BCUT2D eigenvalue weighted by Gasteiger charge is 2.36. The van der Waals surface area contributed by atoms with Crippen LogP contribution in [0.2, 0.25) is 0 Å². The van der Waals surface area contributed by atoms with Crippen LogP contribution in [0.3, 0.4) is 0 Å². The van der Waals surface area contributed by atoms with Gasteiger partial charge in [0.2, 0.25) is 5.95 Å². The Morgan fingerprint density at radius 2 is 2.14 bits per heavy atom. The van der Waals surface area contributed by atoms with E-state index in [1.54, 1.807) is 0 Å². The minimum absolute atomic E-state index is 0.0567. The van der Waals surface area contributed by atoms with Crippen LogP contribution in [-0.2, 0) is 6.18 Å². The van der Waals surface area contributed by atoms with Crippen molar-refractivity contribution in [3.63, 3.8) is 0 Å². The average molecular weight is 411 g/mol. The quantitative estimate of drug-likeness (QED) is 0.595. The van der Waals surface area contributed by atoms with Crippen molar-refractivity contribution in [3.8, 4) is 0 Å². The average Bonchev–Trinajstić information content (AvgIpc) is 3.25. The molecule has 1 aliphatic rings. The van der Waals surface area contributed by atoms with Gasteiger partial charge in [-0.15, -0.1) is 0 Å². The Kier molecular flexibility index (Phi) is 4.63. The third kappa shape index (κ3) is 3.62. The van der Waals surface area contributed by atoms with Crippen LogP contribution in [0.5, 0.6) is 0 Å². The lowest BCUT2D eigenvalue weighted by atomic mass is 10.0. The van der Waals surface area contributed by atoms with Crippen molar-refractivity contribution in [2.45, 2.75) is 28.1 Å². The lowest BCUT2D eigenvalue weighted by Gasteiger charge is -2.21. The first-order valence-corrected chi connectivity index (χ1v) is 9.17. The highest BCUT2D eigenvalue weighted by atomic mass is 32.2. The van der Waals surface area contributed by atoms with Crippen LogP contribution < -0.4 is 10.6 Å². The van der Waals surface area contributed by atoms with E-state index < -0.39 is 17.4 Å². The third-order valence-corrected chi connectivity index (χ3v) is 5.38. The molecule has 3 aromatic heterocycles. The van der Waals surface area contributed by atoms with Gasteiger partial charge in [-0.3, -0.25) is 4.98 Å². The van der Waals surface area contributed by atoms with Gasteiger partial charge in [-0.2, -0.15) is 18.2 Å². The Labute approximate surface area is 161 Å². The van der Waals surface area contributed by atoms with Crippen LogP contribution in [-0.4, -0.2) is 55.3 Å². The molecule has 0 spiro atoms. The van der Waals surface area contributed by atoms with Crippen molar-refractivity contribution in [3.05, 3.63) is 30.2 Å². The largest absolute Gasteiger partial charge is 0.434 e. The highest BCUT2D eigenvalue weighted by molar-refractivity contribution is 7.99. The van der Waals surface area contributed by atoms with Gasteiger partial charge in [-0.1, -0.05) is 11.8 Å². The molecule has 4 rings (SSSR count). The molecule has 0 saturated carbocycles. The van der Waals surface area contributed by atoms with E-state index in [0.29, 0.717) is 36.8 Å². The maximum Gasteiger partial charge on any atom is 0.434 e. The van der Waals surface area contributed by atoms with Crippen molar-refractivity contribution >= 4 is 29.0 Å². The molecule has 0 radical (unpaired) electrons. The minimum Gasteiger partial charge on any atom is -0.394 e. The van der Waals surface area contributed by atoms with E-state index in [4.69, 9.17) is 5.73 Å². The number of H-pyrrole nitrogens is 1. The molecule has 1 aliphatic heterocycles. The molecule has 1 unspecified atom stereocenters. The fourth-order valence-corrected chi connectivity index (χ4v) is 3.85. The van der Waals surface area contributed by atoms with Crippen LogP contribution in [0.25, 0.3) is 11.3 Å². The summed E-state index contributed by atoms with van der Waals surface area (Å²) >= 11 is 0.830. The van der Waals surface area contributed by atoms with Gasteiger partial charge in [-0.05, 0) is 18.6 Å². The second-order valence-electron chi connectivity index (χ2n) is 6.58. The number of nitrogens with two attached hydrogens (primary N) is 1. The Bertz CT molecular complexity index is 1010. The molecule has 28 heavy (non-hydrogen) atoms. The zero-order valence-electron chi connectivity index (χ0n) is 14.4.